The van der Waals surface area contributed by atoms with E-state index in [1.54, 1.807) is 29.1 Å². The van der Waals surface area contributed by atoms with Crippen LogP contribution < -0.4 is 11.1 Å². The SMILES string of the molecule is C=C(N[C@@H](C)c1nccn1-c1ccc(N)cn1)c1cc(Cl)cc(C(F)(F)F)c1. The van der Waals surface area contributed by atoms with E-state index >= 15 is 0 Å². The van der Waals surface area contributed by atoms with Crippen molar-refractivity contribution in [2.24, 2.45) is 0 Å². The molecule has 0 aliphatic carbocycles. The predicted octanol–water partition coefficient (Wildman–Crippen LogP) is 4.84. The summed E-state index contributed by atoms with van der Waals surface area (Å²) in [6.07, 6.45) is 0.370. The molecular weight excluding hydrogens is 391 g/mol. The van der Waals surface area contributed by atoms with Gasteiger partial charge in [0.25, 0.3) is 0 Å². The van der Waals surface area contributed by atoms with E-state index in [9.17, 15) is 13.2 Å². The minimum Gasteiger partial charge on any atom is -0.397 e. The molecule has 0 aliphatic heterocycles. The number of hydrogen-bond donors (Lipinski definition) is 2. The largest absolute Gasteiger partial charge is 0.416 e. The molecule has 0 radical (unpaired) electrons. The number of rotatable bonds is 5. The van der Waals surface area contributed by atoms with E-state index in [2.05, 4.69) is 21.9 Å². The predicted molar refractivity (Wildman–Crippen MR) is 103 cm³/mol. The minimum absolute atomic E-state index is 0.0204. The second-order valence-corrected chi connectivity index (χ2v) is 6.61. The van der Waals surface area contributed by atoms with Gasteiger partial charge >= 0.3 is 6.18 Å². The van der Waals surface area contributed by atoms with E-state index in [1.807, 2.05) is 6.92 Å². The van der Waals surface area contributed by atoms with Gasteiger partial charge in [0.1, 0.15) is 11.6 Å². The fourth-order valence-electron chi connectivity index (χ4n) is 2.71. The second kappa shape index (κ2) is 7.55. The normalized spacial score (nSPS) is 12.6. The second-order valence-electron chi connectivity index (χ2n) is 6.18. The molecule has 0 saturated carbocycles. The molecule has 0 spiro atoms. The van der Waals surface area contributed by atoms with Crippen molar-refractivity contribution in [3.63, 3.8) is 0 Å². The number of hydrogen-bond acceptors (Lipinski definition) is 4. The van der Waals surface area contributed by atoms with Crippen molar-refractivity contribution < 1.29 is 13.2 Å². The maximum Gasteiger partial charge on any atom is 0.416 e. The highest BCUT2D eigenvalue weighted by Gasteiger charge is 2.31. The van der Waals surface area contributed by atoms with Crippen molar-refractivity contribution in [3.8, 4) is 5.82 Å². The van der Waals surface area contributed by atoms with Crippen LogP contribution in [0.25, 0.3) is 11.5 Å². The molecule has 9 heteroatoms. The van der Waals surface area contributed by atoms with Gasteiger partial charge in [-0.3, -0.25) is 4.57 Å². The van der Waals surface area contributed by atoms with Crippen molar-refractivity contribution in [1.29, 1.82) is 0 Å². The van der Waals surface area contributed by atoms with E-state index in [0.29, 0.717) is 23.0 Å². The fourth-order valence-corrected chi connectivity index (χ4v) is 2.94. The summed E-state index contributed by atoms with van der Waals surface area (Å²) in [7, 11) is 0. The minimum atomic E-state index is -4.50. The highest BCUT2D eigenvalue weighted by atomic mass is 35.5. The summed E-state index contributed by atoms with van der Waals surface area (Å²) in [5.41, 5.74) is 5.90. The number of anilines is 1. The average Bonchev–Trinajstić information content (AvgIpc) is 3.11. The molecule has 0 fully saturated rings. The lowest BCUT2D eigenvalue weighted by Gasteiger charge is -2.19. The Morgan fingerprint density at radius 2 is 2.00 bits per heavy atom. The summed E-state index contributed by atoms with van der Waals surface area (Å²) in [5, 5.41) is 3.05. The topological polar surface area (TPSA) is 68.8 Å². The van der Waals surface area contributed by atoms with Crippen molar-refractivity contribution in [3.05, 3.63) is 77.5 Å². The van der Waals surface area contributed by atoms with E-state index in [4.69, 9.17) is 17.3 Å². The number of benzene rings is 1. The van der Waals surface area contributed by atoms with Crippen LogP contribution in [0.5, 0.6) is 0 Å². The van der Waals surface area contributed by atoms with Crippen LogP contribution in [0.1, 0.15) is 29.9 Å². The lowest BCUT2D eigenvalue weighted by Crippen LogP contribution is -2.20. The zero-order valence-electron chi connectivity index (χ0n) is 14.8. The molecule has 0 amide bonds. The maximum absolute atomic E-state index is 13.0. The number of alkyl halides is 3. The molecule has 146 valence electrons. The summed E-state index contributed by atoms with van der Waals surface area (Å²) in [5.74, 6) is 1.22. The summed E-state index contributed by atoms with van der Waals surface area (Å²) >= 11 is 5.85. The molecule has 0 aliphatic rings. The van der Waals surface area contributed by atoms with Crippen LogP contribution in [-0.2, 0) is 6.18 Å². The standard InChI is InChI=1S/C19H17ClF3N5/c1-11(13-7-14(19(21,22)23)9-15(20)8-13)27-12(2)18-25-5-6-28(18)17-4-3-16(24)10-26-17/h3-10,12,27H,1,24H2,2H3/t12-/m0/s1. The molecule has 3 rings (SSSR count). The third-order valence-electron chi connectivity index (χ3n) is 4.04. The zero-order chi connectivity index (χ0) is 20.5. The average molecular weight is 408 g/mol. The first-order valence-electron chi connectivity index (χ1n) is 8.24. The number of halogens is 4. The first-order valence-corrected chi connectivity index (χ1v) is 8.61. The molecule has 3 N–H and O–H groups in total. The van der Waals surface area contributed by atoms with Crippen LogP contribution in [-0.4, -0.2) is 14.5 Å². The van der Waals surface area contributed by atoms with Crippen molar-refractivity contribution in [2.45, 2.75) is 19.1 Å². The van der Waals surface area contributed by atoms with Crippen LogP contribution in [0.15, 0.2) is 55.5 Å². The Labute approximate surface area is 164 Å². The quantitative estimate of drug-likeness (QED) is 0.634. The fraction of sp³-hybridized carbons (Fsp3) is 0.158. The Morgan fingerprint density at radius 1 is 1.25 bits per heavy atom. The number of nitrogens with one attached hydrogen (secondary N) is 1. The van der Waals surface area contributed by atoms with Crippen molar-refractivity contribution in [2.75, 3.05) is 5.73 Å². The van der Waals surface area contributed by atoms with Gasteiger partial charge in [-0.05, 0) is 42.8 Å². The maximum atomic E-state index is 13.0. The number of nitrogens with zero attached hydrogens (tertiary/aromatic N) is 3. The molecule has 0 saturated heterocycles. The highest BCUT2D eigenvalue weighted by molar-refractivity contribution is 6.30. The Morgan fingerprint density at radius 3 is 2.64 bits per heavy atom. The summed E-state index contributed by atoms with van der Waals surface area (Å²) in [6.45, 7) is 5.66. The molecule has 2 aromatic heterocycles. The molecule has 2 heterocycles. The van der Waals surface area contributed by atoms with Crippen LogP contribution in [0.2, 0.25) is 5.02 Å². The molecule has 5 nitrogen and oxygen atoms in total. The van der Waals surface area contributed by atoms with Gasteiger partial charge in [0.2, 0.25) is 0 Å². The number of pyridine rings is 1. The van der Waals surface area contributed by atoms with Gasteiger partial charge in [-0.1, -0.05) is 18.2 Å². The van der Waals surface area contributed by atoms with Gasteiger partial charge in [-0.15, -0.1) is 0 Å². The summed E-state index contributed by atoms with van der Waals surface area (Å²) in [4.78, 5) is 8.57. The number of nitrogens with two attached hydrogens (primary N) is 1. The molecule has 0 bridgehead atoms. The summed E-state index contributed by atoms with van der Waals surface area (Å²) in [6, 6.07) is 6.40. The number of nitrogen functional groups attached to an aromatic ring is 1. The third-order valence-corrected chi connectivity index (χ3v) is 4.26. The van der Waals surface area contributed by atoms with Gasteiger partial charge in [0, 0.05) is 23.1 Å². The Kier molecular flexibility index (Phi) is 5.33. The zero-order valence-corrected chi connectivity index (χ0v) is 15.6. The Hall–Kier alpha value is -3.00. The van der Waals surface area contributed by atoms with Gasteiger partial charge < -0.3 is 11.1 Å². The first kappa shape index (κ1) is 19.8. The molecule has 3 aromatic rings. The molecule has 28 heavy (non-hydrogen) atoms. The van der Waals surface area contributed by atoms with Crippen molar-refractivity contribution >= 4 is 23.0 Å². The monoisotopic (exact) mass is 407 g/mol. The first-order chi connectivity index (χ1) is 13.1. The van der Waals surface area contributed by atoms with Crippen LogP contribution >= 0.6 is 11.6 Å². The molecule has 0 unspecified atom stereocenters. The molecule has 1 atom stereocenters. The van der Waals surface area contributed by atoms with Gasteiger partial charge in [-0.2, -0.15) is 13.2 Å². The van der Waals surface area contributed by atoms with Gasteiger partial charge in [0.05, 0.1) is 23.5 Å². The number of aromatic nitrogens is 3. The Bertz CT molecular complexity index is 996. The van der Waals surface area contributed by atoms with E-state index in [-0.39, 0.29) is 16.6 Å². The van der Waals surface area contributed by atoms with Crippen LogP contribution in [0.4, 0.5) is 18.9 Å². The van der Waals surface area contributed by atoms with Crippen LogP contribution in [0.3, 0.4) is 0 Å². The van der Waals surface area contributed by atoms with E-state index in [0.717, 1.165) is 12.1 Å². The Balaban J connectivity index is 1.84. The highest BCUT2D eigenvalue weighted by Crippen LogP contribution is 2.33. The third kappa shape index (κ3) is 4.28. The molecule has 1 aromatic carbocycles. The smallest absolute Gasteiger partial charge is 0.397 e. The van der Waals surface area contributed by atoms with Gasteiger partial charge in [-0.25, -0.2) is 9.97 Å². The number of imidazole rings is 1. The van der Waals surface area contributed by atoms with Crippen molar-refractivity contribution in [1.82, 2.24) is 19.9 Å². The lowest BCUT2D eigenvalue weighted by atomic mass is 10.1. The summed E-state index contributed by atoms with van der Waals surface area (Å²) < 4.78 is 40.8. The van der Waals surface area contributed by atoms with Crippen LogP contribution in [0, 0.1) is 0 Å². The van der Waals surface area contributed by atoms with E-state index < -0.39 is 11.7 Å². The lowest BCUT2D eigenvalue weighted by molar-refractivity contribution is -0.137. The van der Waals surface area contributed by atoms with E-state index in [1.165, 1.54) is 12.3 Å². The molecular formula is C19H17ClF3N5. The van der Waals surface area contributed by atoms with Gasteiger partial charge in [0.15, 0.2) is 0 Å².